The van der Waals surface area contributed by atoms with Gasteiger partial charge in [0.25, 0.3) is 5.91 Å². The molecule has 0 saturated carbocycles. The van der Waals surface area contributed by atoms with Crippen molar-refractivity contribution >= 4 is 17.8 Å². The Labute approximate surface area is 114 Å². The van der Waals surface area contributed by atoms with Crippen molar-refractivity contribution in [2.75, 3.05) is 19.7 Å². The van der Waals surface area contributed by atoms with Gasteiger partial charge >= 0.3 is 5.97 Å². The van der Waals surface area contributed by atoms with Crippen LogP contribution in [0.15, 0.2) is 18.2 Å². The summed E-state index contributed by atoms with van der Waals surface area (Å²) in [5, 5.41) is 13.0. The molecule has 0 atom stereocenters. The number of fused-ring (bicyclic) bond motifs is 1. The Morgan fingerprint density at radius 3 is 2.75 bits per heavy atom. The van der Waals surface area contributed by atoms with Crippen molar-refractivity contribution in [2.24, 2.45) is 0 Å². The fourth-order valence-electron chi connectivity index (χ4n) is 1.83. The summed E-state index contributed by atoms with van der Waals surface area (Å²) in [5.41, 5.74) is 1.41. The first-order chi connectivity index (χ1) is 9.56. The van der Waals surface area contributed by atoms with Gasteiger partial charge in [0.2, 0.25) is 5.91 Å². The Balaban J connectivity index is 1.86. The number of aliphatic carboxylic acids is 1. The van der Waals surface area contributed by atoms with E-state index >= 15 is 0 Å². The van der Waals surface area contributed by atoms with E-state index in [0.717, 1.165) is 17.7 Å². The minimum absolute atomic E-state index is 0.264. The molecule has 0 radical (unpaired) electrons. The molecule has 7 nitrogen and oxygen atoms in total. The number of carboxylic acids is 1. The Hall–Kier alpha value is -2.57. The third kappa shape index (κ3) is 3.47. The van der Waals surface area contributed by atoms with Gasteiger partial charge in [-0.05, 0) is 23.8 Å². The Bertz CT molecular complexity index is 556. The lowest BCUT2D eigenvalue weighted by Gasteiger charge is -2.06. The first kappa shape index (κ1) is 13.9. The van der Waals surface area contributed by atoms with Crippen molar-refractivity contribution in [1.82, 2.24) is 10.6 Å². The van der Waals surface area contributed by atoms with Crippen LogP contribution in [-0.4, -0.2) is 42.6 Å². The van der Waals surface area contributed by atoms with Crippen molar-refractivity contribution in [1.29, 1.82) is 0 Å². The minimum atomic E-state index is -1.14. The molecule has 0 aliphatic carbocycles. The maximum absolute atomic E-state index is 11.8. The van der Waals surface area contributed by atoms with Crippen molar-refractivity contribution in [3.05, 3.63) is 29.3 Å². The van der Waals surface area contributed by atoms with Crippen molar-refractivity contribution in [3.8, 4) is 5.75 Å². The monoisotopic (exact) mass is 278 g/mol. The van der Waals surface area contributed by atoms with E-state index < -0.39 is 18.4 Å². The molecule has 106 valence electrons. The summed E-state index contributed by atoms with van der Waals surface area (Å²) in [5.74, 6) is -1.29. The maximum atomic E-state index is 11.8. The molecule has 1 aliphatic rings. The third-order valence-corrected chi connectivity index (χ3v) is 2.80. The average Bonchev–Trinajstić information content (AvgIpc) is 2.89. The fraction of sp³-hybridized carbons (Fsp3) is 0.308. The molecule has 20 heavy (non-hydrogen) atoms. The summed E-state index contributed by atoms with van der Waals surface area (Å²) in [6.45, 7) is -0.122. The minimum Gasteiger partial charge on any atom is -0.493 e. The molecule has 2 amide bonds. The molecule has 3 N–H and O–H groups in total. The van der Waals surface area contributed by atoms with Gasteiger partial charge < -0.3 is 20.5 Å². The lowest BCUT2D eigenvalue weighted by Crippen LogP contribution is -2.39. The van der Waals surface area contributed by atoms with E-state index in [0.29, 0.717) is 12.2 Å². The molecule has 1 aromatic carbocycles. The average molecular weight is 278 g/mol. The molecule has 1 heterocycles. The van der Waals surface area contributed by atoms with E-state index in [4.69, 9.17) is 9.84 Å². The summed E-state index contributed by atoms with van der Waals surface area (Å²) < 4.78 is 5.33. The quantitative estimate of drug-likeness (QED) is 0.676. The number of nitrogens with one attached hydrogen (secondary N) is 2. The van der Waals surface area contributed by atoms with Crippen LogP contribution in [0.25, 0.3) is 0 Å². The van der Waals surface area contributed by atoms with Crippen LogP contribution in [0, 0.1) is 0 Å². The highest BCUT2D eigenvalue weighted by molar-refractivity contribution is 5.97. The van der Waals surface area contributed by atoms with Gasteiger partial charge in [-0.2, -0.15) is 0 Å². The lowest BCUT2D eigenvalue weighted by molar-refractivity contribution is -0.137. The van der Waals surface area contributed by atoms with E-state index in [-0.39, 0.29) is 12.5 Å². The number of benzene rings is 1. The maximum Gasteiger partial charge on any atom is 0.322 e. The van der Waals surface area contributed by atoms with Crippen molar-refractivity contribution in [3.63, 3.8) is 0 Å². The highest BCUT2D eigenvalue weighted by Gasteiger charge is 2.15. The van der Waals surface area contributed by atoms with Gasteiger partial charge in [-0.15, -0.1) is 0 Å². The largest absolute Gasteiger partial charge is 0.493 e. The van der Waals surface area contributed by atoms with E-state index in [1.807, 2.05) is 0 Å². The number of amides is 2. The van der Waals surface area contributed by atoms with E-state index in [2.05, 4.69) is 10.6 Å². The zero-order valence-corrected chi connectivity index (χ0v) is 10.6. The summed E-state index contributed by atoms with van der Waals surface area (Å²) in [4.78, 5) is 33.4. The van der Waals surface area contributed by atoms with Crippen LogP contribution in [0.2, 0.25) is 0 Å². The molecule has 1 aromatic rings. The van der Waals surface area contributed by atoms with Gasteiger partial charge in [0, 0.05) is 12.0 Å². The van der Waals surface area contributed by atoms with Gasteiger partial charge in [0.1, 0.15) is 12.3 Å². The standard InChI is InChI=1S/C13H14N2O5/c16-11(14-7-12(17)18)6-15-13(19)9-1-2-10-8(5-9)3-4-20-10/h1-2,5H,3-4,6-7H2,(H,14,16)(H,15,19)(H,17,18). The number of carbonyl (C=O) groups is 3. The molecule has 1 aliphatic heterocycles. The second-order valence-corrected chi connectivity index (χ2v) is 4.27. The Morgan fingerprint density at radius 1 is 1.20 bits per heavy atom. The molecule has 2 rings (SSSR count). The van der Waals surface area contributed by atoms with Gasteiger partial charge in [0.05, 0.1) is 13.2 Å². The van der Waals surface area contributed by atoms with Crippen LogP contribution >= 0.6 is 0 Å². The van der Waals surface area contributed by atoms with Crippen molar-refractivity contribution < 1.29 is 24.2 Å². The highest BCUT2D eigenvalue weighted by atomic mass is 16.5. The highest BCUT2D eigenvalue weighted by Crippen LogP contribution is 2.25. The van der Waals surface area contributed by atoms with Gasteiger partial charge in [-0.1, -0.05) is 0 Å². The molecular weight excluding hydrogens is 264 g/mol. The van der Waals surface area contributed by atoms with Crippen molar-refractivity contribution in [2.45, 2.75) is 6.42 Å². The predicted octanol–water partition coefficient (Wildman–Crippen LogP) is -0.448. The number of hydrogen-bond acceptors (Lipinski definition) is 4. The SMILES string of the molecule is O=C(O)CNC(=O)CNC(=O)c1ccc2c(c1)CCO2. The first-order valence-corrected chi connectivity index (χ1v) is 6.08. The van der Waals surface area contributed by atoms with Crippen LogP contribution in [0.5, 0.6) is 5.75 Å². The molecule has 0 saturated heterocycles. The molecular formula is C13H14N2O5. The number of carboxylic acid groups (broad SMARTS) is 1. The number of rotatable bonds is 5. The van der Waals surface area contributed by atoms with Crippen LogP contribution in [0.1, 0.15) is 15.9 Å². The number of hydrogen-bond donors (Lipinski definition) is 3. The smallest absolute Gasteiger partial charge is 0.322 e. The number of ether oxygens (including phenoxy) is 1. The Morgan fingerprint density at radius 2 is 2.00 bits per heavy atom. The lowest BCUT2D eigenvalue weighted by atomic mass is 10.1. The summed E-state index contributed by atoms with van der Waals surface area (Å²) in [6.07, 6.45) is 0.759. The summed E-state index contributed by atoms with van der Waals surface area (Å²) in [6, 6.07) is 5.07. The molecule has 0 fully saturated rings. The number of carbonyl (C=O) groups excluding carboxylic acids is 2. The molecule has 0 bridgehead atoms. The third-order valence-electron chi connectivity index (χ3n) is 2.80. The summed E-state index contributed by atoms with van der Waals surface area (Å²) >= 11 is 0. The van der Waals surface area contributed by atoms with Crippen LogP contribution in [-0.2, 0) is 16.0 Å². The second kappa shape index (κ2) is 6.05. The normalized spacial score (nSPS) is 12.2. The van der Waals surface area contributed by atoms with Crippen LogP contribution in [0.4, 0.5) is 0 Å². The van der Waals surface area contributed by atoms with Crippen LogP contribution < -0.4 is 15.4 Å². The van der Waals surface area contributed by atoms with Gasteiger partial charge in [-0.25, -0.2) is 0 Å². The molecule has 7 heteroatoms. The molecule has 0 unspecified atom stereocenters. The zero-order chi connectivity index (χ0) is 14.5. The fourth-order valence-corrected chi connectivity index (χ4v) is 1.83. The van der Waals surface area contributed by atoms with Gasteiger partial charge in [0.15, 0.2) is 0 Å². The van der Waals surface area contributed by atoms with Gasteiger partial charge in [-0.3, -0.25) is 14.4 Å². The van der Waals surface area contributed by atoms with E-state index in [9.17, 15) is 14.4 Å². The Kier molecular flexibility index (Phi) is 4.19. The molecule has 0 aromatic heterocycles. The topological polar surface area (TPSA) is 105 Å². The molecule has 0 spiro atoms. The zero-order valence-electron chi connectivity index (χ0n) is 10.6. The summed E-state index contributed by atoms with van der Waals surface area (Å²) in [7, 11) is 0. The van der Waals surface area contributed by atoms with E-state index in [1.165, 1.54) is 0 Å². The predicted molar refractivity (Wildman–Crippen MR) is 68.6 cm³/mol. The van der Waals surface area contributed by atoms with E-state index in [1.54, 1.807) is 18.2 Å². The first-order valence-electron chi connectivity index (χ1n) is 6.08. The second-order valence-electron chi connectivity index (χ2n) is 4.27. The van der Waals surface area contributed by atoms with Crippen LogP contribution in [0.3, 0.4) is 0 Å².